The third-order valence-electron chi connectivity index (χ3n) is 4.79. The van der Waals surface area contributed by atoms with E-state index >= 15 is 0 Å². The summed E-state index contributed by atoms with van der Waals surface area (Å²) >= 11 is 0. The summed E-state index contributed by atoms with van der Waals surface area (Å²) in [5.41, 5.74) is 0.415. The average molecular weight is 238 g/mol. The monoisotopic (exact) mass is 238 g/mol. The fourth-order valence-electron chi connectivity index (χ4n) is 3.31. The van der Waals surface area contributed by atoms with Gasteiger partial charge in [-0.25, -0.2) is 0 Å². The molecule has 2 unspecified atom stereocenters. The molecule has 1 N–H and O–H groups in total. The molecule has 1 saturated heterocycles. The molecule has 2 heteroatoms. The second-order valence-corrected chi connectivity index (χ2v) is 6.31. The van der Waals surface area contributed by atoms with Gasteiger partial charge in [0.2, 0.25) is 0 Å². The van der Waals surface area contributed by atoms with E-state index in [0.29, 0.717) is 5.54 Å². The molecule has 2 atom stereocenters. The second kappa shape index (κ2) is 5.71. The lowest BCUT2D eigenvalue weighted by Gasteiger charge is -2.46. The van der Waals surface area contributed by atoms with Crippen LogP contribution in [0.5, 0.6) is 0 Å². The first kappa shape index (κ1) is 13.4. The Morgan fingerprint density at radius 1 is 1.24 bits per heavy atom. The van der Waals surface area contributed by atoms with Crippen molar-refractivity contribution in [2.24, 2.45) is 5.92 Å². The van der Waals surface area contributed by atoms with Gasteiger partial charge in [0.1, 0.15) is 0 Å². The maximum Gasteiger partial charge on any atom is 0.0309 e. The van der Waals surface area contributed by atoms with Crippen molar-refractivity contribution in [3.63, 3.8) is 0 Å². The molecule has 2 rings (SSSR count). The SMILES string of the molecule is CCCCCN1CC(C)(C2CC2)NCC1CC. The zero-order chi connectivity index (χ0) is 12.3. The first-order chi connectivity index (χ1) is 8.19. The van der Waals surface area contributed by atoms with Crippen molar-refractivity contribution in [3.8, 4) is 0 Å². The predicted molar refractivity (Wildman–Crippen MR) is 74.3 cm³/mol. The van der Waals surface area contributed by atoms with E-state index < -0.39 is 0 Å². The zero-order valence-electron chi connectivity index (χ0n) is 12.0. The lowest BCUT2D eigenvalue weighted by Crippen LogP contribution is -2.63. The van der Waals surface area contributed by atoms with Crippen LogP contribution in [-0.4, -0.2) is 36.1 Å². The molecular formula is C15H30N2. The lowest BCUT2D eigenvalue weighted by atomic mass is 9.90. The van der Waals surface area contributed by atoms with Crippen molar-refractivity contribution in [2.45, 2.75) is 70.9 Å². The van der Waals surface area contributed by atoms with E-state index in [1.807, 2.05) is 0 Å². The number of unbranched alkanes of at least 4 members (excludes halogenated alkanes) is 2. The lowest BCUT2D eigenvalue weighted by molar-refractivity contribution is 0.0715. The molecule has 100 valence electrons. The molecule has 2 fully saturated rings. The van der Waals surface area contributed by atoms with Gasteiger partial charge in [-0.05, 0) is 45.1 Å². The summed E-state index contributed by atoms with van der Waals surface area (Å²) in [5.74, 6) is 0.953. The van der Waals surface area contributed by atoms with Gasteiger partial charge in [-0.2, -0.15) is 0 Å². The molecule has 2 aliphatic rings. The minimum absolute atomic E-state index is 0.415. The Kier molecular flexibility index (Phi) is 4.48. The van der Waals surface area contributed by atoms with Crippen molar-refractivity contribution in [2.75, 3.05) is 19.6 Å². The van der Waals surface area contributed by atoms with Crippen LogP contribution in [0.15, 0.2) is 0 Å². The van der Waals surface area contributed by atoms with Crippen LogP contribution in [0.4, 0.5) is 0 Å². The topological polar surface area (TPSA) is 15.3 Å². The van der Waals surface area contributed by atoms with E-state index in [0.717, 1.165) is 12.0 Å². The molecule has 1 heterocycles. The summed E-state index contributed by atoms with van der Waals surface area (Å²) in [6.07, 6.45) is 8.29. The van der Waals surface area contributed by atoms with E-state index in [9.17, 15) is 0 Å². The number of hydrogen-bond donors (Lipinski definition) is 1. The molecule has 0 aromatic heterocycles. The van der Waals surface area contributed by atoms with Gasteiger partial charge in [-0.1, -0.05) is 26.7 Å². The van der Waals surface area contributed by atoms with Crippen LogP contribution in [0.1, 0.15) is 59.3 Å². The van der Waals surface area contributed by atoms with Gasteiger partial charge >= 0.3 is 0 Å². The van der Waals surface area contributed by atoms with Crippen LogP contribution >= 0.6 is 0 Å². The Morgan fingerprint density at radius 2 is 2.00 bits per heavy atom. The van der Waals surface area contributed by atoms with Gasteiger partial charge in [0.15, 0.2) is 0 Å². The molecule has 0 bridgehead atoms. The van der Waals surface area contributed by atoms with Gasteiger partial charge < -0.3 is 5.32 Å². The Bertz CT molecular complexity index is 237. The summed E-state index contributed by atoms with van der Waals surface area (Å²) in [6, 6.07) is 0.777. The third-order valence-corrected chi connectivity index (χ3v) is 4.79. The van der Waals surface area contributed by atoms with E-state index in [1.54, 1.807) is 0 Å². The van der Waals surface area contributed by atoms with E-state index in [2.05, 4.69) is 31.0 Å². The molecule has 0 radical (unpaired) electrons. The molecule has 0 aromatic carbocycles. The third kappa shape index (κ3) is 3.23. The number of rotatable bonds is 6. The summed E-state index contributed by atoms with van der Waals surface area (Å²) < 4.78 is 0. The number of nitrogens with zero attached hydrogens (tertiary/aromatic N) is 1. The summed E-state index contributed by atoms with van der Waals surface area (Å²) in [7, 11) is 0. The van der Waals surface area contributed by atoms with E-state index in [4.69, 9.17) is 0 Å². The number of hydrogen-bond acceptors (Lipinski definition) is 2. The summed E-state index contributed by atoms with van der Waals surface area (Å²) in [5, 5.41) is 3.84. The molecule has 1 aliphatic carbocycles. The van der Waals surface area contributed by atoms with Gasteiger partial charge in [0, 0.05) is 24.7 Å². The second-order valence-electron chi connectivity index (χ2n) is 6.31. The molecule has 0 amide bonds. The molecule has 17 heavy (non-hydrogen) atoms. The number of nitrogens with one attached hydrogen (secondary N) is 1. The fraction of sp³-hybridized carbons (Fsp3) is 1.00. The van der Waals surface area contributed by atoms with Crippen molar-refractivity contribution in [1.29, 1.82) is 0 Å². The standard InChI is InChI=1S/C15H30N2/c1-4-6-7-10-17-12-15(3,13-8-9-13)16-11-14(17)5-2/h13-14,16H,4-12H2,1-3H3. The predicted octanol–water partition coefficient (Wildman–Crippen LogP) is 3.03. The zero-order valence-corrected chi connectivity index (χ0v) is 12.0. The highest BCUT2D eigenvalue weighted by Crippen LogP contribution is 2.41. The van der Waals surface area contributed by atoms with E-state index in [-0.39, 0.29) is 0 Å². The largest absolute Gasteiger partial charge is 0.308 e. The smallest absolute Gasteiger partial charge is 0.0309 e. The summed E-state index contributed by atoms with van der Waals surface area (Å²) in [4.78, 5) is 2.77. The first-order valence-corrected chi connectivity index (χ1v) is 7.68. The quantitative estimate of drug-likeness (QED) is 0.716. The number of piperazine rings is 1. The Labute approximate surface area is 107 Å². The highest BCUT2D eigenvalue weighted by molar-refractivity contribution is 5.03. The minimum atomic E-state index is 0.415. The molecule has 1 saturated carbocycles. The molecule has 0 aromatic rings. The van der Waals surface area contributed by atoms with Crippen molar-refractivity contribution >= 4 is 0 Å². The molecule has 1 aliphatic heterocycles. The van der Waals surface area contributed by atoms with Gasteiger partial charge in [0.05, 0.1) is 0 Å². The van der Waals surface area contributed by atoms with Gasteiger partial charge in [-0.3, -0.25) is 4.90 Å². The molecule has 2 nitrogen and oxygen atoms in total. The van der Waals surface area contributed by atoms with Gasteiger partial charge in [-0.15, -0.1) is 0 Å². The maximum atomic E-state index is 3.84. The minimum Gasteiger partial charge on any atom is -0.308 e. The van der Waals surface area contributed by atoms with Crippen LogP contribution < -0.4 is 5.32 Å². The highest BCUT2D eigenvalue weighted by Gasteiger charge is 2.45. The maximum absolute atomic E-state index is 3.84. The normalized spacial score (nSPS) is 35.1. The van der Waals surface area contributed by atoms with Crippen LogP contribution in [-0.2, 0) is 0 Å². The highest BCUT2D eigenvalue weighted by atomic mass is 15.3. The Balaban J connectivity index is 1.88. The van der Waals surface area contributed by atoms with Crippen molar-refractivity contribution < 1.29 is 0 Å². The molecule has 0 spiro atoms. The fourth-order valence-corrected chi connectivity index (χ4v) is 3.31. The van der Waals surface area contributed by atoms with Crippen molar-refractivity contribution in [3.05, 3.63) is 0 Å². The van der Waals surface area contributed by atoms with Crippen LogP contribution in [0.3, 0.4) is 0 Å². The van der Waals surface area contributed by atoms with Crippen LogP contribution in [0.25, 0.3) is 0 Å². The van der Waals surface area contributed by atoms with E-state index in [1.165, 1.54) is 58.2 Å². The first-order valence-electron chi connectivity index (χ1n) is 7.68. The van der Waals surface area contributed by atoms with Gasteiger partial charge in [0.25, 0.3) is 0 Å². The average Bonchev–Trinajstić information content (AvgIpc) is 3.14. The molecular weight excluding hydrogens is 208 g/mol. The van der Waals surface area contributed by atoms with Crippen molar-refractivity contribution in [1.82, 2.24) is 10.2 Å². The summed E-state index contributed by atoms with van der Waals surface area (Å²) in [6.45, 7) is 10.9. The Morgan fingerprint density at radius 3 is 2.59 bits per heavy atom. The Hall–Kier alpha value is -0.0800. The van der Waals surface area contributed by atoms with Crippen LogP contribution in [0, 0.1) is 5.92 Å². The van der Waals surface area contributed by atoms with Crippen LogP contribution in [0.2, 0.25) is 0 Å².